The number of nitriles is 1. The van der Waals surface area contributed by atoms with Gasteiger partial charge in [0.15, 0.2) is 0 Å². The van der Waals surface area contributed by atoms with Crippen molar-refractivity contribution in [3.05, 3.63) is 11.3 Å². The molecular formula is C10H18N2. The minimum Gasteiger partial charge on any atom is -0.372 e. The lowest BCUT2D eigenvalue weighted by molar-refractivity contribution is 0.477. The first-order valence-electron chi connectivity index (χ1n) is 4.28. The summed E-state index contributed by atoms with van der Waals surface area (Å²) in [5.74, 6) is 0. The number of nitrogens with zero attached hydrogens (tertiary/aromatic N) is 1. The average Bonchev–Trinajstić information content (AvgIpc) is 1.97. The molecule has 68 valence electrons. The SMILES string of the molecule is CC/C(C)=C(\C#N)NC(C)(C)C. The van der Waals surface area contributed by atoms with Gasteiger partial charge in [0.1, 0.15) is 11.8 Å². The van der Waals surface area contributed by atoms with Crippen molar-refractivity contribution in [3.8, 4) is 6.07 Å². The summed E-state index contributed by atoms with van der Waals surface area (Å²) in [5.41, 5.74) is 1.80. The van der Waals surface area contributed by atoms with Crippen LogP contribution < -0.4 is 5.32 Å². The zero-order valence-corrected chi connectivity index (χ0v) is 8.65. The van der Waals surface area contributed by atoms with E-state index in [4.69, 9.17) is 5.26 Å². The summed E-state index contributed by atoms with van der Waals surface area (Å²) < 4.78 is 0. The lowest BCUT2D eigenvalue weighted by Gasteiger charge is -2.22. The first kappa shape index (κ1) is 11.0. The zero-order chi connectivity index (χ0) is 9.78. The van der Waals surface area contributed by atoms with E-state index in [2.05, 4.69) is 18.3 Å². The molecule has 0 saturated carbocycles. The highest BCUT2D eigenvalue weighted by Gasteiger charge is 2.11. The molecule has 0 atom stereocenters. The Morgan fingerprint density at radius 2 is 1.92 bits per heavy atom. The summed E-state index contributed by atoms with van der Waals surface area (Å²) in [7, 11) is 0. The highest BCUT2D eigenvalue weighted by molar-refractivity contribution is 5.25. The molecule has 12 heavy (non-hydrogen) atoms. The molecular weight excluding hydrogens is 148 g/mol. The minimum atomic E-state index is -0.0263. The molecule has 0 spiro atoms. The Balaban J connectivity index is 4.52. The van der Waals surface area contributed by atoms with Gasteiger partial charge in [0.25, 0.3) is 0 Å². The molecule has 2 nitrogen and oxygen atoms in total. The van der Waals surface area contributed by atoms with Gasteiger partial charge in [0.05, 0.1) is 0 Å². The van der Waals surface area contributed by atoms with Crippen molar-refractivity contribution in [1.82, 2.24) is 5.32 Å². The summed E-state index contributed by atoms with van der Waals surface area (Å²) in [5, 5.41) is 12.0. The highest BCUT2D eigenvalue weighted by atomic mass is 15.0. The van der Waals surface area contributed by atoms with Gasteiger partial charge in [0, 0.05) is 5.54 Å². The third-order valence-electron chi connectivity index (χ3n) is 1.57. The third-order valence-corrected chi connectivity index (χ3v) is 1.57. The number of hydrogen-bond donors (Lipinski definition) is 1. The van der Waals surface area contributed by atoms with Crippen LogP contribution >= 0.6 is 0 Å². The lowest BCUT2D eigenvalue weighted by Crippen LogP contribution is -2.35. The molecule has 0 heterocycles. The van der Waals surface area contributed by atoms with E-state index in [1.165, 1.54) is 0 Å². The Morgan fingerprint density at radius 3 is 2.17 bits per heavy atom. The monoisotopic (exact) mass is 166 g/mol. The van der Waals surface area contributed by atoms with Crippen molar-refractivity contribution < 1.29 is 0 Å². The Hall–Kier alpha value is -0.970. The van der Waals surface area contributed by atoms with Crippen molar-refractivity contribution >= 4 is 0 Å². The summed E-state index contributed by atoms with van der Waals surface area (Å²) in [4.78, 5) is 0. The van der Waals surface area contributed by atoms with Crippen LogP contribution in [0.2, 0.25) is 0 Å². The van der Waals surface area contributed by atoms with E-state index in [0.29, 0.717) is 5.70 Å². The van der Waals surface area contributed by atoms with Crippen LogP contribution in [0.5, 0.6) is 0 Å². The van der Waals surface area contributed by atoms with Gasteiger partial charge in [-0.3, -0.25) is 0 Å². The van der Waals surface area contributed by atoms with E-state index >= 15 is 0 Å². The van der Waals surface area contributed by atoms with Crippen molar-refractivity contribution in [2.24, 2.45) is 0 Å². The Bertz CT molecular complexity index is 213. The van der Waals surface area contributed by atoms with Crippen LogP contribution in [0.25, 0.3) is 0 Å². The van der Waals surface area contributed by atoms with Crippen molar-refractivity contribution in [2.45, 2.75) is 46.6 Å². The number of hydrogen-bond acceptors (Lipinski definition) is 2. The molecule has 0 saturated heterocycles. The van der Waals surface area contributed by atoms with Crippen LogP contribution in [-0.2, 0) is 0 Å². The molecule has 0 aliphatic rings. The van der Waals surface area contributed by atoms with Gasteiger partial charge in [-0.15, -0.1) is 0 Å². The molecule has 0 aromatic heterocycles. The second-order valence-electron chi connectivity index (χ2n) is 4.00. The van der Waals surface area contributed by atoms with Crippen LogP contribution in [0.4, 0.5) is 0 Å². The van der Waals surface area contributed by atoms with Crippen molar-refractivity contribution in [2.75, 3.05) is 0 Å². The maximum Gasteiger partial charge on any atom is 0.117 e. The van der Waals surface area contributed by atoms with Crippen LogP contribution in [0.1, 0.15) is 41.0 Å². The zero-order valence-electron chi connectivity index (χ0n) is 8.65. The molecule has 0 fully saturated rings. The van der Waals surface area contributed by atoms with Crippen LogP contribution in [0.15, 0.2) is 11.3 Å². The van der Waals surface area contributed by atoms with Gasteiger partial charge in [0.2, 0.25) is 0 Å². The molecule has 0 aliphatic heterocycles. The standard InChI is InChI=1S/C10H18N2/c1-6-8(2)9(7-11)12-10(3,4)5/h12H,6H2,1-5H3/b9-8+. The van der Waals surface area contributed by atoms with Gasteiger partial charge >= 0.3 is 0 Å². The lowest BCUT2D eigenvalue weighted by atomic mass is 10.1. The predicted molar refractivity (Wildman–Crippen MR) is 51.5 cm³/mol. The number of allylic oxidation sites excluding steroid dienone is 2. The van der Waals surface area contributed by atoms with E-state index in [-0.39, 0.29) is 5.54 Å². The number of nitrogens with one attached hydrogen (secondary N) is 1. The molecule has 1 N–H and O–H groups in total. The average molecular weight is 166 g/mol. The number of rotatable bonds is 2. The smallest absolute Gasteiger partial charge is 0.117 e. The molecule has 0 aromatic rings. The molecule has 0 aromatic carbocycles. The van der Waals surface area contributed by atoms with Gasteiger partial charge < -0.3 is 5.32 Å². The predicted octanol–water partition coefficient (Wildman–Crippen LogP) is 2.58. The van der Waals surface area contributed by atoms with E-state index in [0.717, 1.165) is 12.0 Å². The van der Waals surface area contributed by atoms with Gasteiger partial charge in [-0.25, -0.2) is 0 Å². The van der Waals surface area contributed by atoms with Crippen LogP contribution in [-0.4, -0.2) is 5.54 Å². The van der Waals surface area contributed by atoms with Gasteiger partial charge in [-0.2, -0.15) is 5.26 Å². The first-order chi connectivity index (χ1) is 5.40. The molecule has 2 heteroatoms. The first-order valence-corrected chi connectivity index (χ1v) is 4.28. The fourth-order valence-electron chi connectivity index (χ4n) is 0.782. The fraction of sp³-hybridized carbons (Fsp3) is 0.700. The van der Waals surface area contributed by atoms with Crippen molar-refractivity contribution in [3.63, 3.8) is 0 Å². The van der Waals surface area contributed by atoms with Gasteiger partial charge in [-0.05, 0) is 39.7 Å². The Kier molecular flexibility index (Phi) is 3.82. The van der Waals surface area contributed by atoms with E-state index in [1.807, 2.05) is 27.7 Å². The summed E-state index contributed by atoms with van der Waals surface area (Å²) in [6.07, 6.45) is 0.923. The van der Waals surface area contributed by atoms with Gasteiger partial charge in [-0.1, -0.05) is 6.92 Å². The molecule has 0 radical (unpaired) electrons. The molecule has 0 rings (SSSR count). The Labute approximate surface area is 75.3 Å². The second-order valence-corrected chi connectivity index (χ2v) is 4.00. The normalized spacial score (nSPS) is 13.3. The van der Waals surface area contributed by atoms with E-state index in [1.54, 1.807) is 0 Å². The van der Waals surface area contributed by atoms with E-state index < -0.39 is 0 Å². The fourth-order valence-corrected chi connectivity index (χ4v) is 0.782. The second kappa shape index (κ2) is 4.15. The van der Waals surface area contributed by atoms with E-state index in [9.17, 15) is 0 Å². The minimum absolute atomic E-state index is 0.0263. The molecule has 0 unspecified atom stereocenters. The molecule has 0 bridgehead atoms. The third kappa shape index (κ3) is 4.02. The molecule has 0 amide bonds. The largest absolute Gasteiger partial charge is 0.372 e. The molecule has 0 aliphatic carbocycles. The summed E-state index contributed by atoms with van der Waals surface area (Å²) in [6.45, 7) is 10.2. The summed E-state index contributed by atoms with van der Waals surface area (Å²) in [6, 6.07) is 2.18. The summed E-state index contributed by atoms with van der Waals surface area (Å²) >= 11 is 0. The van der Waals surface area contributed by atoms with Crippen molar-refractivity contribution in [1.29, 1.82) is 5.26 Å². The van der Waals surface area contributed by atoms with Crippen LogP contribution in [0, 0.1) is 11.3 Å². The van der Waals surface area contributed by atoms with Crippen LogP contribution in [0.3, 0.4) is 0 Å². The topological polar surface area (TPSA) is 35.8 Å². The Morgan fingerprint density at radius 1 is 1.42 bits per heavy atom. The quantitative estimate of drug-likeness (QED) is 0.640. The maximum absolute atomic E-state index is 8.82. The highest BCUT2D eigenvalue weighted by Crippen LogP contribution is 2.09. The maximum atomic E-state index is 8.82.